The molecule has 1 aromatic carbocycles. The van der Waals surface area contributed by atoms with Crippen LogP contribution in [0.1, 0.15) is 48.3 Å². The minimum absolute atomic E-state index is 0.194. The molecule has 0 amide bonds. The maximum absolute atomic E-state index is 5.99. The molecule has 4 heteroatoms. The van der Waals surface area contributed by atoms with E-state index in [-0.39, 0.29) is 12.0 Å². The summed E-state index contributed by atoms with van der Waals surface area (Å²) < 4.78 is 5.23. The molecule has 2 N–H and O–H groups in total. The third-order valence-electron chi connectivity index (χ3n) is 3.42. The van der Waals surface area contributed by atoms with Crippen molar-refractivity contribution in [1.29, 1.82) is 0 Å². The van der Waals surface area contributed by atoms with Crippen LogP contribution >= 0.6 is 0 Å². The van der Waals surface area contributed by atoms with Crippen LogP contribution in [-0.4, -0.2) is 10.1 Å². The highest BCUT2D eigenvalue weighted by molar-refractivity contribution is 5.31. The van der Waals surface area contributed by atoms with Crippen molar-refractivity contribution < 1.29 is 4.52 Å². The largest absolute Gasteiger partial charge is 0.338 e. The Morgan fingerprint density at radius 3 is 2.58 bits per heavy atom. The molecule has 0 radical (unpaired) electrons. The minimum Gasteiger partial charge on any atom is -0.338 e. The van der Waals surface area contributed by atoms with Crippen molar-refractivity contribution in [3.63, 3.8) is 0 Å². The minimum atomic E-state index is -0.194. The highest BCUT2D eigenvalue weighted by Crippen LogP contribution is 2.18. The number of hydrogen-bond acceptors (Lipinski definition) is 4. The number of nitrogens with zero attached hydrogens (tertiary/aromatic N) is 2. The number of benzene rings is 1. The van der Waals surface area contributed by atoms with E-state index in [1.54, 1.807) is 0 Å². The summed E-state index contributed by atoms with van der Waals surface area (Å²) in [5.74, 6) is 1.50. The fourth-order valence-electron chi connectivity index (χ4n) is 1.86. The van der Waals surface area contributed by atoms with E-state index < -0.39 is 0 Å². The topological polar surface area (TPSA) is 64.9 Å². The quantitative estimate of drug-likeness (QED) is 0.916. The summed E-state index contributed by atoms with van der Waals surface area (Å²) in [4.78, 5) is 4.38. The predicted octanol–water partition coefficient (Wildman–Crippen LogP) is 2.93. The highest BCUT2D eigenvalue weighted by atomic mass is 16.5. The Kier molecular flexibility index (Phi) is 4.00. The Balaban J connectivity index is 2.13. The van der Waals surface area contributed by atoms with Crippen LogP contribution in [0.15, 0.2) is 22.7 Å². The average Bonchev–Trinajstić information content (AvgIpc) is 2.81. The molecule has 0 saturated heterocycles. The predicted molar refractivity (Wildman–Crippen MR) is 74.8 cm³/mol. The maximum atomic E-state index is 5.99. The number of aryl methyl sites for hydroxylation is 2. The lowest BCUT2D eigenvalue weighted by Crippen LogP contribution is -2.17. The first-order valence-electron chi connectivity index (χ1n) is 6.61. The first kappa shape index (κ1) is 13.7. The molecule has 0 bridgehead atoms. The highest BCUT2D eigenvalue weighted by Gasteiger charge is 2.18. The van der Waals surface area contributed by atoms with Gasteiger partial charge in [-0.05, 0) is 36.5 Å². The van der Waals surface area contributed by atoms with Gasteiger partial charge in [0.25, 0.3) is 0 Å². The second-order valence-electron chi connectivity index (χ2n) is 5.41. The molecule has 4 nitrogen and oxygen atoms in total. The van der Waals surface area contributed by atoms with E-state index in [2.05, 4.69) is 42.2 Å². The second-order valence-corrected chi connectivity index (χ2v) is 5.41. The molecule has 0 unspecified atom stereocenters. The van der Waals surface area contributed by atoms with Crippen molar-refractivity contribution in [2.75, 3.05) is 0 Å². The van der Waals surface area contributed by atoms with E-state index in [1.807, 2.05) is 13.8 Å². The van der Waals surface area contributed by atoms with Crippen molar-refractivity contribution in [2.24, 2.45) is 11.7 Å². The van der Waals surface area contributed by atoms with Gasteiger partial charge in [-0.1, -0.05) is 37.2 Å². The van der Waals surface area contributed by atoms with E-state index >= 15 is 0 Å². The van der Waals surface area contributed by atoms with E-state index in [9.17, 15) is 0 Å². The SMILES string of the molecule is Cc1ccc(Cc2noc([C@@H](N)C(C)C)n2)cc1C. The normalized spacial score (nSPS) is 12.9. The van der Waals surface area contributed by atoms with Crippen LogP contribution in [0, 0.1) is 19.8 Å². The molecule has 102 valence electrons. The van der Waals surface area contributed by atoms with Crippen LogP contribution in [0.4, 0.5) is 0 Å². The Morgan fingerprint density at radius 1 is 1.21 bits per heavy atom. The first-order valence-corrected chi connectivity index (χ1v) is 6.61. The molecule has 0 aliphatic heterocycles. The van der Waals surface area contributed by atoms with Gasteiger partial charge in [0.2, 0.25) is 5.89 Å². The van der Waals surface area contributed by atoms with Crippen LogP contribution in [0.5, 0.6) is 0 Å². The lowest BCUT2D eigenvalue weighted by atomic mass is 10.0. The zero-order valence-corrected chi connectivity index (χ0v) is 12.0. The van der Waals surface area contributed by atoms with Gasteiger partial charge in [0.1, 0.15) is 0 Å². The molecule has 0 fully saturated rings. The van der Waals surface area contributed by atoms with Crippen molar-refractivity contribution in [3.8, 4) is 0 Å². The van der Waals surface area contributed by atoms with Gasteiger partial charge >= 0.3 is 0 Å². The van der Waals surface area contributed by atoms with Gasteiger partial charge in [0, 0.05) is 6.42 Å². The third kappa shape index (κ3) is 3.20. The molecule has 2 aromatic rings. The molecule has 1 atom stereocenters. The second kappa shape index (κ2) is 5.53. The number of hydrogen-bond donors (Lipinski definition) is 1. The van der Waals surface area contributed by atoms with Gasteiger partial charge < -0.3 is 10.3 Å². The number of aromatic nitrogens is 2. The Bertz CT molecular complexity index is 560. The van der Waals surface area contributed by atoms with E-state index in [4.69, 9.17) is 10.3 Å². The van der Waals surface area contributed by atoms with Crippen molar-refractivity contribution in [1.82, 2.24) is 10.1 Å². The summed E-state index contributed by atoms with van der Waals surface area (Å²) in [6.45, 7) is 8.29. The van der Waals surface area contributed by atoms with Crippen LogP contribution in [0.3, 0.4) is 0 Å². The average molecular weight is 259 g/mol. The van der Waals surface area contributed by atoms with Gasteiger partial charge in [-0.3, -0.25) is 0 Å². The Labute approximate surface area is 114 Å². The van der Waals surface area contributed by atoms with Gasteiger partial charge in [0.15, 0.2) is 5.82 Å². The van der Waals surface area contributed by atoms with Crippen molar-refractivity contribution >= 4 is 0 Å². The zero-order chi connectivity index (χ0) is 14.0. The summed E-state index contributed by atoms with van der Waals surface area (Å²) in [6, 6.07) is 6.18. The van der Waals surface area contributed by atoms with Gasteiger partial charge in [-0.15, -0.1) is 0 Å². The third-order valence-corrected chi connectivity index (χ3v) is 3.42. The monoisotopic (exact) mass is 259 g/mol. The standard InChI is InChI=1S/C15H21N3O/c1-9(2)14(16)15-17-13(18-19-15)8-12-6-5-10(3)11(4)7-12/h5-7,9,14H,8,16H2,1-4H3/t14-/m0/s1. The molecule has 1 aromatic heterocycles. The first-order chi connectivity index (χ1) is 8.97. The van der Waals surface area contributed by atoms with Crippen molar-refractivity contribution in [3.05, 3.63) is 46.6 Å². The van der Waals surface area contributed by atoms with E-state index in [0.717, 1.165) is 0 Å². The van der Waals surface area contributed by atoms with Crippen molar-refractivity contribution in [2.45, 2.75) is 40.2 Å². The molecular weight excluding hydrogens is 238 g/mol. The molecule has 1 heterocycles. The fraction of sp³-hybridized carbons (Fsp3) is 0.467. The Morgan fingerprint density at radius 2 is 1.95 bits per heavy atom. The van der Waals surface area contributed by atoms with E-state index in [1.165, 1.54) is 16.7 Å². The van der Waals surface area contributed by atoms with Crippen LogP contribution < -0.4 is 5.73 Å². The van der Waals surface area contributed by atoms with E-state index in [0.29, 0.717) is 18.1 Å². The molecule has 2 rings (SSSR count). The van der Waals surface area contributed by atoms with Gasteiger partial charge in [-0.25, -0.2) is 0 Å². The van der Waals surface area contributed by atoms with Crippen LogP contribution in [-0.2, 0) is 6.42 Å². The molecular formula is C15H21N3O. The lowest BCUT2D eigenvalue weighted by Gasteiger charge is -2.09. The number of rotatable bonds is 4. The molecule has 0 saturated carbocycles. The molecule has 19 heavy (non-hydrogen) atoms. The lowest BCUT2D eigenvalue weighted by molar-refractivity contribution is 0.322. The molecule has 0 aliphatic carbocycles. The summed E-state index contributed by atoms with van der Waals surface area (Å²) in [6.07, 6.45) is 0.676. The Hall–Kier alpha value is -1.68. The summed E-state index contributed by atoms with van der Waals surface area (Å²) in [5.41, 5.74) is 9.75. The summed E-state index contributed by atoms with van der Waals surface area (Å²) in [5, 5.41) is 4.00. The van der Waals surface area contributed by atoms with Gasteiger partial charge in [0.05, 0.1) is 6.04 Å². The smallest absolute Gasteiger partial charge is 0.243 e. The van der Waals surface area contributed by atoms with Gasteiger partial charge in [-0.2, -0.15) is 4.98 Å². The summed E-state index contributed by atoms with van der Waals surface area (Å²) >= 11 is 0. The summed E-state index contributed by atoms with van der Waals surface area (Å²) in [7, 11) is 0. The fourth-order valence-corrected chi connectivity index (χ4v) is 1.86. The maximum Gasteiger partial charge on any atom is 0.243 e. The van der Waals surface area contributed by atoms with Crippen LogP contribution in [0.2, 0.25) is 0 Å². The number of nitrogens with two attached hydrogens (primary N) is 1. The zero-order valence-electron chi connectivity index (χ0n) is 12.0. The molecule has 0 spiro atoms. The van der Waals surface area contributed by atoms with Crippen LogP contribution in [0.25, 0.3) is 0 Å². The molecule has 0 aliphatic rings.